The lowest BCUT2D eigenvalue weighted by atomic mass is 9.94. The molecule has 2 amide bonds. The minimum atomic E-state index is -0.916. The van der Waals surface area contributed by atoms with Gasteiger partial charge in [0.25, 0.3) is 0 Å². The zero-order valence-electron chi connectivity index (χ0n) is 16.1. The lowest BCUT2D eigenvalue weighted by molar-refractivity contribution is -0.136. The first-order valence-corrected chi connectivity index (χ1v) is 9.56. The van der Waals surface area contributed by atoms with Gasteiger partial charge in [0, 0.05) is 31.4 Å². The van der Waals surface area contributed by atoms with Crippen LogP contribution in [-0.2, 0) is 14.4 Å². The molecular weight excluding hydrogens is 372 g/mol. The molecule has 3 N–H and O–H groups in total. The van der Waals surface area contributed by atoms with Crippen molar-refractivity contribution in [2.45, 2.75) is 25.7 Å². The number of rotatable bonds is 8. The summed E-state index contributed by atoms with van der Waals surface area (Å²) in [6.07, 6.45) is 8.29. The fourth-order valence-electron chi connectivity index (χ4n) is 3.42. The Balaban J connectivity index is 1.61. The lowest BCUT2D eigenvalue weighted by Crippen LogP contribution is -2.41. The van der Waals surface area contributed by atoms with Crippen molar-refractivity contribution in [3.05, 3.63) is 59.5 Å². The molecule has 152 valence electrons. The minimum absolute atomic E-state index is 0.0903. The normalized spacial score (nSPS) is 16.1. The van der Waals surface area contributed by atoms with E-state index in [1.165, 1.54) is 4.90 Å². The fourth-order valence-corrected chi connectivity index (χ4v) is 3.42. The number of pyridine rings is 1. The number of nitrogens with zero attached hydrogens (tertiary/aromatic N) is 2. The van der Waals surface area contributed by atoms with Crippen LogP contribution in [0.2, 0.25) is 0 Å². The summed E-state index contributed by atoms with van der Waals surface area (Å²) in [7, 11) is 0. The molecule has 1 aromatic heterocycles. The van der Waals surface area contributed by atoms with Crippen LogP contribution in [0.1, 0.15) is 25.7 Å². The van der Waals surface area contributed by atoms with E-state index in [0.717, 1.165) is 17.0 Å². The highest BCUT2D eigenvalue weighted by atomic mass is 16.4. The number of fused-ring (bicyclic) bond motifs is 1. The van der Waals surface area contributed by atoms with Crippen molar-refractivity contribution in [1.82, 2.24) is 15.2 Å². The van der Waals surface area contributed by atoms with Gasteiger partial charge in [0.15, 0.2) is 0 Å². The highest BCUT2D eigenvalue weighted by molar-refractivity contribution is 5.88. The molecule has 0 atom stereocenters. The van der Waals surface area contributed by atoms with Crippen LogP contribution < -0.4 is 10.6 Å². The maximum atomic E-state index is 12.6. The molecule has 0 radical (unpaired) electrons. The summed E-state index contributed by atoms with van der Waals surface area (Å²) in [5.74, 6) is -0.631. The Morgan fingerprint density at radius 1 is 1.21 bits per heavy atom. The van der Waals surface area contributed by atoms with E-state index in [-0.39, 0.29) is 31.2 Å². The second-order valence-corrected chi connectivity index (χ2v) is 6.81. The van der Waals surface area contributed by atoms with Crippen molar-refractivity contribution in [2.24, 2.45) is 0 Å². The third-order valence-corrected chi connectivity index (χ3v) is 4.77. The van der Waals surface area contributed by atoms with Gasteiger partial charge in [-0.05, 0) is 36.6 Å². The summed E-state index contributed by atoms with van der Waals surface area (Å²) >= 11 is 0. The third-order valence-electron chi connectivity index (χ3n) is 4.77. The number of carbonyl (C=O) groups is 3. The van der Waals surface area contributed by atoms with Gasteiger partial charge in [-0.3, -0.25) is 14.4 Å². The van der Waals surface area contributed by atoms with Crippen LogP contribution >= 0.6 is 0 Å². The number of carboxylic acids is 1. The summed E-state index contributed by atoms with van der Waals surface area (Å²) in [5.41, 5.74) is 2.22. The molecule has 0 saturated carbocycles. The Labute approximate surface area is 169 Å². The Morgan fingerprint density at radius 2 is 2.07 bits per heavy atom. The van der Waals surface area contributed by atoms with E-state index >= 15 is 0 Å². The largest absolute Gasteiger partial charge is 0.481 e. The topological polar surface area (TPSA) is 112 Å². The summed E-state index contributed by atoms with van der Waals surface area (Å²) in [6.45, 7) is 0.811. The van der Waals surface area contributed by atoms with Gasteiger partial charge in [0.05, 0.1) is 6.42 Å². The predicted octanol–water partition coefficient (Wildman–Crippen LogP) is 1.85. The number of allylic oxidation sites excluding steroid dienone is 4. The molecule has 29 heavy (non-hydrogen) atoms. The van der Waals surface area contributed by atoms with Gasteiger partial charge in [-0.15, -0.1) is 0 Å². The first-order valence-electron chi connectivity index (χ1n) is 9.56. The van der Waals surface area contributed by atoms with Gasteiger partial charge < -0.3 is 20.6 Å². The van der Waals surface area contributed by atoms with Crippen LogP contribution in [0.25, 0.3) is 0 Å². The number of hydrogen-bond acceptors (Lipinski definition) is 5. The first-order chi connectivity index (χ1) is 14.0. The van der Waals surface area contributed by atoms with Crippen LogP contribution in [0, 0.1) is 0 Å². The quantitative estimate of drug-likeness (QED) is 0.578. The number of aliphatic carboxylic acids is 1. The molecule has 8 nitrogen and oxygen atoms in total. The number of carbonyl (C=O) groups excluding carboxylic acids is 2. The average molecular weight is 396 g/mol. The number of hydrogen-bond donors (Lipinski definition) is 3. The molecule has 2 aliphatic rings. The van der Waals surface area contributed by atoms with Crippen molar-refractivity contribution in [2.75, 3.05) is 25.0 Å². The Kier molecular flexibility index (Phi) is 6.78. The number of carboxylic acid groups (broad SMARTS) is 1. The number of aromatic nitrogens is 1. The van der Waals surface area contributed by atoms with E-state index in [4.69, 9.17) is 0 Å². The van der Waals surface area contributed by atoms with Crippen LogP contribution in [0.5, 0.6) is 0 Å². The number of nitrogens with one attached hydrogen (secondary N) is 2. The molecule has 3 rings (SSSR count). The minimum Gasteiger partial charge on any atom is -0.481 e. The van der Waals surface area contributed by atoms with Crippen molar-refractivity contribution in [3.63, 3.8) is 0 Å². The van der Waals surface area contributed by atoms with Crippen molar-refractivity contribution in [1.29, 1.82) is 0 Å². The molecule has 0 aromatic carbocycles. The lowest BCUT2D eigenvalue weighted by Gasteiger charge is -2.26. The Bertz CT molecular complexity index is 874. The zero-order valence-corrected chi connectivity index (χ0v) is 16.1. The Morgan fingerprint density at radius 3 is 2.83 bits per heavy atom. The highest BCUT2D eigenvalue weighted by Crippen LogP contribution is 2.33. The molecule has 0 spiro atoms. The van der Waals surface area contributed by atoms with Crippen LogP contribution in [-0.4, -0.2) is 52.4 Å². The number of amides is 2. The molecule has 0 bridgehead atoms. The molecule has 0 fully saturated rings. The monoisotopic (exact) mass is 396 g/mol. The van der Waals surface area contributed by atoms with E-state index in [9.17, 15) is 19.5 Å². The third kappa shape index (κ3) is 5.54. The van der Waals surface area contributed by atoms with Crippen LogP contribution in [0.4, 0.5) is 5.82 Å². The van der Waals surface area contributed by atoms with Crippen LogP contribution in [0.3, 0.4) is 0 Å². The zero-order chi connectivity index (χ0) is 20.6. The molecule has 0 unspecified atom stereocenters. The molecular formula is C21H24N4O4. The van der Waals surface area contributed by atoms with Gasteiger partial charge in [0.2, 0.25) is 11.8 Å². The summed E-state index contributed by atoms with van der Waals surface area (Å²) < 4.78 is 0. The molecule has 1 aromatic rings. The second kappa shape index (κ2) is 9.68. The van der Waals surface area contributed by atoms with Gasteiger partial charge in [0.1, 0.15) is 12.4 Å². The van der Waals surface area contributed by atoms with Crippen LogP contribution in [0.15, 0.2) is 59.5 Å². The predicted molar refractivity (Wildman–Crippen MR) is 108 cm³/mol. The van der Waals surface area contributed by atoms with E-state index in [1.807, 2.05) is 30.4 Å². The van der Waals surface area contributed by atoms with Gasteiger partial charge in [-0.2, -0.15) is 0 Å². The SMILES string of the molecule is O=C(O)CC1=C2CC=CC=C2N(CC(=O)NCCNc2ccccn2)C(=O)CC1. The number of anilines is 1. The maximum absolute atomic E-state index is 12.6. The van der Waals surface area contributed by atoms with E-state index in [1.54, 1.807) is 12.3 Å². The fraction of sp³-hybridized carbons (Fsp3) is 0.333. The standard InChI is InChI=1S/C21H24N4O4/c26-19(24-12-11-23-18-7-3-4-10-22-18)14-25-17-6-2-1-5-16(17)15(13-21(28)29)8-9-20(25)27/h1-4,6-7,10H,5,8-9,11-14H2,(H,22,23)(H,24,26)(H,28,29). The van der Waals surface area contributed by atoms with E-state index < -0.39 is 5.97 Å². The molecule has 0 saturated heterocycles. The van der Waals surface area contributed by atoms with Gasteiger partial charge >= 0.3 is 5.97 Å². The molecule has 8 heteroatoms. The second-order valence-electron chi connectivity index (χ2n) is 6.81. The van der Waals surface area contributed by atoms with Crippen molar-refractivity contribution >= 4 is 23.6 Å². The van der Waals surface area contributed by atoms with E-state index in [0.29, 0.717) is 31.6 Å². The summed E-state index contributed by atoms with van der Waals surface area (Å²) in [5, 5.41) is 15.1. The van der Waals surface area contributed by atoms with Gasteiger partial charge in [-0.25, -0.2) is 4.98 Å². The maximum Gasteiger partial charge on any atom is 0.307 e. The smallest absolute Gasteiger partial charge is 0.307 e. The molecule has 1 aliphatic carbocycles. The van der Waals surface area contributed by atoms with Crippen molar-refractivity contribution < 1.29 is 19.5 Å². The molecule has 1 aliphatic heterocycles. The van der Waals surface area contributed by atoms with Gasteiger partial charge in [-0.1, -0.05) is 23.8 Å². The van der Waals surface area contributed by atoms with Crippen molar-refractivity contribution in [3.8, 4) is 0 Å². The average Bonchev–Trinajstić information content (AvgIpc) is 2.84. The highest BCUT2D eigenvalue weighted by Gasteiger charge is 2.29. The van der Waals surface area contributed by atoms with E-state index in [2.05, 4.69) is 15.6 Å². The summed E-state index contributed by atoms with van der Waals surface area (Å²) in [6, 6.07) is 5.53. The first kappa shape index (κ1) is 20.3. The summed E-state index contributed by atoms with van der Waals surface area (Å²) in [4.78, 5) is 41.9. The molecule has 2 heterocycles. The Hall–Kier alpha value is -3.42.